The van der Waals surface area contributed by atoms with Gasteiger partial charge in [0.1, 0.15) is 11.0 Å². The predicted molar refractivity (Wildman–Crippen MR) is 66.7 cm³/mol. The molecular formula is C9H13N5O4S. The van der Waals surface area contributed by atoms with Crippen LogP contribution in [0.2, 0.25) is 0 Å². The minimum atomic E-state index is -1.25. The quantitative estimate of drug-likeness (QED) is 0.564. The first-order valence-corrected chi connectivity index (χ1v) is 6.09. The number of carbonyl (C=O) groups excluding carboxylic acids is 2. The van der Waals surface area contributed by atoms with Crippen molar-refractivity contribution in [2.24, 2.45) is 5.73 Å². The second kappa shape index (κ2) is 6.64. The Morgan fingerprint density at radius 1 is 1.42 bits per heavy atom. The van der Waals surface area contributed by atoms with Crippen molar-refractivity contribution >= 4 is 34.4 Å². The first-order chi connectivity index (χ1) is 8.88. The molecule has 0 aliphatic carbocycles. The Morgan fingerprint density at radius 2 is 2.11 bits per heavy atom. The highest BCUT2D eigenvalue weighted by Crippen LogP contribution is 2.13. The number of nitrogens with zero attached hydrogens (tertiary/aromatic N) is 2. The summed E-state index contributed by atoms with van der Waals surface area (Å²) < 4.78 is 0. The van der Waals surface area contributed by atoms with Gasteiger partial charge in [-0.3, -0.25) is 10.1 Å². The number of aromatic nitrogens is 2. The Kier molecular flexibility index (Phi) is 5.18. The highest BCUT2D eigenvalue weighted by Gasteiger charge is 2.20. The summed E-state index contributed by atoms with van der Waals surface area (Å²) in [5, 5.41) is 21.7. The van der Waals surface area contributed by atoms with Gasteiger partial charge in [-0.1, -0.05) is 11.3 Å². The molecule has 0 aliphatic heterocycles. The van der Waals surface area contributed by atoms with Crippen LogP contribution in [0.5, 0.6) is 0 Å². The lowest BCUT2D eigenvalue weighted by Crippen LogP contribution is -2.43. The maximum Gasteiger partial charge on any atom is 0.326 e. The van der Waals surface area contributed by atoms with E-state index in [0.29, 0.717) is 5.01 Å². The Morgan fingerprint density at radius 3 is 2.58 bits per heavy atom. The number of carboxylic acid groups (broad SMARTS) is 1. The van der Waals surface area contributed by atoms with Gasteiger partial charge in [0.2, 0.25) is 11.0 Å². The molecule has 0 unspecified atom stereocenters. The second-order valence-corrected chi connectivity index (χ2v) is 4.80. The van der Waals surface area contributed by atoms with Gasteiger partial charge < -0.3 is 16.2 Å². The lowest BCUT2D eigenvalue weighted by Gasteiger charge is -2.13. The van der Waals surface area contributed by atoms with Crippen LogP contribution in [0, 0.1) is 6.92 Å². The first kappa shape index (κ1) is 14.8. The summed E-state index contributed by atoms with van der Waals surface area (Å²) >= 11 is 1.15. The van der Waals surface area contributed by atoms with Crippen molar-refractivity contribution in [3.63, 3.8) is 0 Å². The maximum atomic E-state index is 11.5. The molecule has 1 aromatic rings. The number of aliphatic carboxylic acids is 1. The number of nitrogens with two attached hydrogens (primary N) is 1. The highest BCUT2D eigenvalue weighted by atomic mass is 32.1. The van der Waals surface area contributed by atoms with E-state index < -0.39 is 23.9 Å². The zero-order valence-electron chi connectivity index (χ0n) is 10.0. The van der Waals surface area contributed by atoms with Crippen molar-refractivity contribution < 1.29 is 19.5 Å². The van der Waals surface area contributed by atoms with Gasteiger partial charge in [0.15, 0.2) is 0 Å². The molecule has 0 fully saturated rings. The molecule has 1 aromatic heterocycles. The zero-order valence-corrected chi connectivity index (χ0v) is 10.9. The summed E-state index contributed by atoms with van der Waals surface area (Å²) in [5.41, 5.74) is 4.92. The van der Waals surface area contributed by atoms with Gasteiger partial charge in [0.05, 0.1) is 0 Å². The molecule has 0 radical (unpaired) electrons. The molecule has 0 bridgehead atoms. The van der Waals surface area contributed by atoms with Gasteiger partial charge in [-0.15, -0.1) is 10.2 Å². The van der Waals surface area contributed by atoms with Crippen molar-refractivity contribution in [2.75, 3.05) is 5.32 Å². The van der Waals surface area contributed by atoms with E-state index in [1.165, 1.54) is 0 Å². The molecule has 5 N–H and O–H groups in total. The Balaban J connectivity index is 2.51. The minimum absolute atomic E-state index is 0.0762. The molecule has 10 heteroatoms. The third-order valence-corrected chi connectivity index (χ3v) is 2.78. The summed E-state index contributed by atoms with van der Waals surface area (Å²) in [5.74, 6) is -1.88. The smallest absolute Gasteiger partial charge is 0.326 e. The van der Waals surface area contributed by atoms with E-state index in [0.717, 1.165) is 11.3 Å². The molecule has 1 atom stereocenters. The van der Waals surface area contributed by atoms with E-state index in [4.69, 9.17) is 10.8 Å². The van der Waals surface area contributed by atoms with Gasteiger partial charge in [0.25, 0.3) is 0 Å². The Bertz CT molecular complexity index is 489. The molecule has 19 heavy (non-hydrogen) atoms. The van der Waals surface area contributed by atoms with Gasteiger partial charge in [-0.25, -0.2) is 9.59 Å². The van der Waals surface area contributed by atoms with Crippen LogP contribution in [0.25, 0.3) is 0 Å². The SMILES string of the molecule is Cc1nnc(NC(=O)N[C@@H](CCC(N)=O)C(=O)O)s1. The number of primary amides is 1. The Labute approximate surface area is 112 Å². The van der Waals surface area contributed by atoms with Crippen LogP contribution in [0.1, 0.15) is 17.8 Å². The van der Waals surface area contributed by atoms with Crippen LogP contribution in [0.4, 0.5) is 9.93 Å². The summed E-state index contributed by atoms with van der Waals surface area (Å²) in [7, 11) is 0. The van der Waals surface area contributed by atoms with Crippen molar-refractivity contribution in [3.05, 3.63) is 5.01 Å². The number of nitrogens with one attached hydrogen (secondary N) is 2. The summed E-state index contributed by atoms with van der Waals surface area (Å²) in [6, 6.07) is -1.92. The molecule has 9 nitrogen and oxygen atoms in total. The van der Waals surface area contributed by atoms with Gasteiger partial charge in [-0.05, 0) is 13.3 Å². The van der Waals surface area contributed by atoms with Gasteiger partial charge in [-0.2, -0.15) is 0 Å². The maximum absolute atomic E-state index is 11.5. The molecule has 0 saturated carbocycles. The molecule has 0 saturated heterocycles. The summed E-state index contributed by atoms with van der Waals surface area (Å²) in [6.45, 7) is 1.72. The second-order valence-electron chi connectivity index (χ2n) is 3.62. The average molecular weight is 287 g/mol. The summed E-state index contributed by atoms with van der Waals surface area (Å²) in [6.07, 6.45) is -0.206. The number of aryl methyl sites for hydroxylation is 1. The van der Waals surface area contributed by atoms with Crippen LogP contribution in [0.3, 0.4) is 0 Å². The lowest BCUT2D eigenvalue weighted by molar-refractivity contribution is -0.139. The fourth-order valence-electron chi connectivity index (χ4n) is 1.18. The van der Waals surface area contributed by atoms with E-state index in [1.807, 2.05) is 0 Å². The number of hydrogen-bond acceptors (Lipinski definition) is 6. The fraction of sp³-hybridized carbons (Fsp3) is 0.444. The third-order valence-electron chi connectivity index (χ3n) is 2.03. The van der Waals surface area contributed by atoms with E-state index in [9.17, 15) is 14.4 Å². The van der Waals surface area contributed by atoms with Crippen LogP contribution >= 0.6 is 11.3 Å². The van der Waals surface area contributed by atoms with Crippen LogP contribution < -0.4 is 16.4 Å². The molecule has 3 amide bonds. The molecule has 1 rings (SSSR count). The van der Waals surface area contributed by atoms with Gasteiger partial charge in [0, 0.05) is 6.42 Å². The van der Waals surface area contributed by atoms with Crippen molar-refractivity contribution in [2.45, 2.75) is 25.8 Å². The molecule has 0 spiro atoms. The standard InChI is InChI=1S/C9H13N5O4S/c1-4-13-14-9(19-4)12-8(18)11-5(7(16)17)2-3-6(10)15/h5H,2-3H2,1H3,(H2,10,15)(H,16,17)(H2,11,12,14,18)/t5-/m0/s1. The number of hydrogen-bond donors (Lipinski definition) is 4. The molecule has 1 heterocycles. The van der Waals surface area contributed by atoms with Crippen molar-refractivity contribution in [1.29, 1.82) is 0 Å². The van der Waals surface area contributed by atoms with Gasteiger partial charge >= 0.3 is 12.0 Å². The number of carbonyl (C=O) groups is 3. The lowest BCUT2D eigenvalue weighted by atomic mass is 10.1. The normalized spacial score (nSPS) is 11.6. The predicted octanol–water partition coefficient (Wildman–Crippen LogP) is -0.313. The van der Waals surface area contributed by atoms with Crippen LogP contribution in [-0.2, 0) is 9.59 Å². The van der Waals surface area contributed by atoms with E-state index in [-0.39, 0.29) is 18.0 Å². The van der Waals surface area contributed by atoms with Crippen molar-refractivity contribution in [1.82, 2.24) is 15.5 Å². The first-order valence-electron chi connectivity index (χ1n) is 5.27. The molecular weight excluding hydrogens is 274 g/mol. The Hall–Kier alpha value is -2.23. The number of amides is 3. The van der Waals surface area contributed by atoms with E-state index in [2.05, 4.69) is 20.8 Å². The monoisotopic (exact) mass is 287 g/mol. The number of carboxylic acids is 1. The zero-order chi connectivity index (χ0) is 14.4. The minimum Gasteiger partial charge on any atom is -0.480 e. The number of rotatable bonds is 6. The van der Waals surface area contributed by atoms with Crippen LogP contribution in [0.15, 0.2) is 0 Å². The van der Waals surface area contributed by atoms with E-state index in [1.54, 1.807) is 6.92 Å². The average Bonchev–Trinajstić information content (AvgIpc) is 2.69. The molecule has 0 aromatic carbocycles. The topological polar surface area (TPSA) is 147 Å². The number of urea groups is 1. The largest absolute Gasteiger partial charge is 0.480 e. The van der Waals surface area contributed by atoms with Crippen molar-refractivity contribution in [3.8, 4) is 0 Å². The van der Waals surface area contributed by atoms with Crippen LogP contribution in [-0.4, -0.2) is 39.3 Å². The fourth-order valence-corrected chi connectivity index (χ4v) is 1.77. The highest BCUT2D eigenvalue weighted by molar-refractivity contribution is 7.15. The molecule has 0 aliphatic rings. The molecule has 104 valence electrons. The summed E-state index contributed by atoms with van der Waals surface area (Å²) in [4.78, 5) is 33.0. The number of anilines is 1. The van der Waals surface area contributed by atoms with E-state index >= 15 is 0 Å². The third kappa shape index (κ3) is 5.29.